The standard InChI is InChI=1S/C37H49N5O7S/c1-35(2,3)48-32(45)28(19-23-13-9-8-10-14-23)39-31(44)29(22-50)42(7)33(46)37(17-18-37)41-30(43)27(40-34(47)49-36(4,5)6)20-24-21-38-26-16-12-11-15-25(24)26/h8-16,21,27-29,38,50H,17-20,22H2,1-7H3,(H,39,44)(H,40,47)(H,41,43)/t27-,28-,29-/m0/s1. The molecule has 50 heavy (non-hydrogen) atoms. The molecule has 1 fully saturated rings. The maximum atomic E-state index is 14.0. The van der Waals surface area contributed by atoms with E-state index >= 15 is 0 Å². The van der Waals surface area contributed by atoms with Crippen LogP contribution in [0.5, 0.6) is 0 Å². The van der Waals surface area contributed by atoms with E-state index < -0.39 is 64.7 Å². The van der Waals surface area contributed by atoms with Crippen LogP contribution in [-0.4, -0.2) is 87.3 Å². The molecule has 1 aliphatic carbocycles. The van der Waals surface area contributed by atoms with Gasteiger partial charge in [0.1, 0.15) is 34.9 Å². The number of hydrogen-bond donors (Lipinski definition) is 5. The number of H-pyrrole nitrogens is 1. The molecule has 0 bridgehead atoms. The maximum Gasteiger partial charge on any atom is 0.408 e. The zero-order valence-corrected chi connectivity index (χ0v) is 30.7. The number of para-hydroxylation sites is 1. The van der Waals surface area contributed by atoms with Crippen LogP contribution < -0.4 is 16.0 Å². The van der Waals surface area contributed by atoms with Gasteiger partial charge in [0, 0.05) is 42.7 Å². The van der Waals surface area contributed by atoms with Gasteiger partial charge in [-0.25, -0.2) is 9.59 Å². The number of carbonyl (C=O) groups is 5. The Balaban J connectivity index is 1.50. The van der Waals surface area contributed by atoms with E-state index in [0.717, 1.165) is 22.0 Å². The Kier molecular flexibility index (Phi) is 11.9. The smallest absolute Gasteiger partial charge is 0.408 e. The van der Waals surface area contributed by atoms with Crippen molar-refractivity contribution >= 4 is 53.3 Å². The van der Waals surface area contributed by atoms with Gasteiger partial charge < -0.3 is 35.3 Å². The molecule has 0 radical (unpaired) electrons. The number of aromatic nitrogens is 1. The topological polar surface area (TPSA) is 159 Å². The summed E-state index contributed by atoms with van der Waals surface area (Å²) < 4.78 is 11.0. The van der Waals surface area contributed by atoms with Gasteiger partial charge in [-0.3, -0.25) is 14.4 Å². The molecular formula is C37H49N5O7S. The number of hydrogen-bond acceptors (Lipinski definition) is 8. The average Bonchev–Trinajstić information content (AvgIpc) is 3.70. The van der Waals surface area contributed by atoms with Gasteiger partial charge in [0.25, 0.3) is 0 Å². The minimum atomic E-state index is -1.28. The molecule has 13 heteroatoms. The number of carbonyl (C=O) groups excluding carboxylic acids is 5. The van der Waals surface area contributed by atoms with Crippen molar-refractivity contribution in [1.29, 1.82) is 0 Å². The van der Waals surface area contributed by atoms with Crippen molar-refractivity contribution < 1.29 is 33.4 Å². The molecule has 0 unspecified atom stereocenters. The minimum absolute atomic E-state index is 0.0478. The molecule has 3 atom stereocenters. The van der Waals surface area contributed by atoms with Gasteiger partial charge in [-0.05, 0) is 71.6 Å². The Morgan fingerprint density at radius 2 is 1.46 bits per heavy atom. The van der Waals surface area contributed by atoms with Gasteiger partial charge in [0.05, 0.1) is 0 Å². The minimum Gasteiger partial charge on any atom is -0.458 e. The van der Waals surface area contributed by atoms with Crippen LogP contribution in [0.2, 0.25) is 0 Å². The number of benzene rings is 2. The summed E-state index contributed by atoms with van der Waals surface area (Å²) in [7, 11) is 1.47. The van der Waals surface area contributed by atoms with Gasteiger partial charge in [-0.15, -0.1) is 0 Å². The van der Waals surface area contributed by atoms with E-state index in [1.807, 2.05) is 54.6 Å². The van der Waals surface area contributed by atoms with Gasteiger partial charge >= 0.3 is 12.1 Å². The van der Waals surface area contributed by atoms with E-state index in [9.17, 15) is 24.0 Å². The van der Waals surface area contributed by atoms with Crippen molar-refractivity contribution in [2.24, 2.45) is 0 Å². The van der Waals surface area contributed by atoms with Crippen LogP contribution in [0.1, 0.15) is 65.5 Å². The highest BCUT2D eigenvalue weighted by Gasteiger charge is 2.54. The SMILES string of the molecule is CN(C(=O)C1(NC(=O)[C@H](Cc2c[nH]c3ccccc23)NC(=O)OC(C)(C)C)CC1)[C@@H](CS)C(=O)N[C@@H](Cc1ccccc1)C(=O)OC(C)(C)C. The molecule has 0 saturated heterocycles. The fourth-order valence-corrected chi connectivity index (χ4v) is 5.97. The molecule has 4 N–H and O–H groups in total. The zero-order chi connectivity index (χ0) is 36.9. The molecule has 1 saturated carbocycles. The number of amides is 4. The summed E-state index contributed by atoms with van der Waals surface area (Å²) >= 11 is 4.38. The molecule has 3 aromatic rings. The normalized spacial score (nSPS) is 15.6. The number of nitrogens with one attached hydrogen (secondary N) is 4. The quantitative estimate of drug-likeness (QED) is 0.132. The largest absolute Gasteiger partial charge is 0.458 e. The Bertz CT molecular complexity index is 1690. The highest BCUT2D eigenvalue weighted by Crippen LogP contribution is 2.38. The lowest BCUT2D eigenvalue weighted by Crippen LogP contribution is -2.60. The third-order valence-electron chi connectivity index (χ3n) is 8.18. The molecule has 2 aromatic carbocycles. The van der Waals surface area contributed by atoms with Gasteiger partial charge in [-0.1, -0.05) is 48.5 Å². The fraction of sp³-hybridized carbons (Fsp3) is 0.486. The Morgan fingerprint density at radius 3 is 2.06 bits per heavy atom. The second-order valence-electron chi connectivity index (χ2n) is 14.7. The number of alkyl carbamates (subject to hydrolysis) is 1. The van der Waals surface area contributed by atoms with Gasteiger partial charge in [0.15, 0.2) is 0 Å². The number of fused-ring (bicyclic) bond motifs is 1. The number of nitrogens with zero attached hydrogens (tertiary/aromatic N) is 1. The number of esters is 1. The van der Waals surface area contributed by atoms with Gasteiger partial charge in [-0.2, -0.15) is 12.6 Å². The molecule has 4 amide bonds. The lowest BCUT2D eigenvalue weighted by atomic mass is 10.0. The molecule has 1 aliphatic rings. The first-order valence-corrected chi connectivity index (χ1v) is 17.4. The zero-order valence-electron chi connectivity index (χ0n) is 29.8. The summed E-state index contributed by atoms with van der Waals surface area (Å²) in [6.07, 6.45) is 2.00. The Labute approximate surface area is 298 Å². The number of thiol groups is 1. The number of ether oxygens (including phenoxy) is 2. The van der Waals surface area contributed by atoms with E-state index in [2.05, 4.69) is 33.6 Å². The van der Waals surface area contributed by atoms with E-state index in [1.54, 1.807) is 47.7 Å². The van der Waals surface area contributed by atoms with Crippen LogP contribution in [0.4, 0.5) is 4.79 Å². The van der Waals surface area contributed by atoms with Crippen molar-refractivity contribution in [3.05, 3.63) is 71.9 Å². The average molecular weight is 708 g/mol. The summed E-state index contributed by atoms with van der Waals surface area (Å²) in [6, 6.07) is 13.7. The van der Waals surface area contributed by atoms with E-state index in [1.165, 1.54) is 11.9 Å². The fourth-order valence-electron chi connectivity index (χ4n) is 5.56. The highest BCUT2D eigenvalue weighted by atomic mass is 32.1. The van der Waals surface area contributed by atoms with Crippen LogP contribution in [0, 0.1) is 0 Å². The van der Waals surface area contributed by atoms with E-state index in [-0.39, 0.29) is 18.6 Å². The highest BCUT2D eigenvalue weighted by molar-refractivity contribution is 7.80. The molecule has 4 rings (SSSR count). The predicted octanol–water partition coefficient (Wildman–Crippen LogP) is 4.08. The van der Waals surface area contributed by atoms with E-state index in [4.69, 9.17) is 9.47 Å². The first kappa shape index (κ1) is 38.3. The molecule has 270 valence electrons. The first-order chi connectivity index (χ1) is 23.4. The summed E-state index contributed by atoms with van der Waals surface area (Å²) in [6.45, 7) is 10.4. The predicted molar refractivity (Wildman–Crippen MR) is 194 cm³/mol. The Hall–Kier alpha value is -4.52. The van der Waals surface area contributed by atoms with Crippen LogP contribution in [0.15, 0.2) is 60.8 Å². The molecule has 1 aromatic heterocycles. The molecule has 12 nitrogen and oxygen atoms in total. The lowest BCUT2D eigenvalue weighted by molar-refractivity contribution is -0.159. The number of rotatable bonds is 13. The van der Waals surface area contributed by atoms with Crippen molar-refractivity contribution in [3.63, 3.8) is 0 Å². The van der Waals surface area contributed by atoms with Crippen molar-refractivity contribution in [2.45, 2.75) is 102 Å². The van der Waals surface area contributed by atoms with Crippen LogP contribution >= 0.6 is 12.6 Å². The van der Waals surface area contributed by atoms with Crippen molar-refractivity contribution in [2.75, 3.05) is 12.8 Å². The van der Waals surface area contributed by atoms with Crippen LogP contribution in [0.3, 0.4) is 0 Å². The van der Waals surface area contributed by atoms with Crippen LogP contribution in [0.25, 0.3) is 10.9 Å². The summed E-state index contributed by atoms with van der Waals surface area (Å²) in [5.41, 5.74) is -0.370. The van der Waals surface area contributed by atoms with Crippen molar-refractivity contribution in [3.8, 4) is 0 Å². The monoisotopic (exact) mass is 707 g/mol. The number of aromatic amines is 1. The summed E-state index contributed by atoms with van der Waals surface area (Å²) in [5, 5.41) is 9.23. The third-order valence-corrected chi connectivity index (χ3v) is 8.53. The lowest BCUT2D eigenvalue weighted by Gasteiger charge is -2.32. The summed E-state index contributed by atoms with van der Waals surface area (Å²) in [5.74, 6) is -2.30. The first-order valence-electron chi connectivity index (χ1n) is 16.7. The third kappa shape index (κ3) is 10.3. The molecule has 0 spiro atoms. The van der Waals surface area contributed by atoms with Crippen molar-refractivity contribution in [1.82, 2.24) is 25.8 Å². The second-order valence-corrected chi connectivity index (χ2v) is 15.1. The molecule has 1 heterocycles. The summed E-state index contributed by atoms with van der Waals surface area (Å²) in [4.78, 5) is 72.0. The maximum absolute atomic E-state index is 14.0. The number of likely N-dealkylation sites (N-methyl/N-ethyl adjacent to an activating group) is 1. The van der Waals surface area contributed by atoms with E-state index in [0.29, 0.717) is 12.8 Å². The Morgan fingerprint density at radius 1 is 0.840 bits per heavy atom. The molecule has 0 aliphatic heterocycles. The molecular weight excluding hydrogens is 659 g/mol. The second kappa shape index (κ2) is 15.6. The van der Waals surface area contributed by atoms with Gasteiger partial charge in [0.2, 0.25) is 17.7 Å². The van der Waals surface area contributed by atoms with Crippen LogP contribution in [-0.2, 0) is 41.5 Å².